The lowest BCUT2D eigenvalue weighted by atomic mass is 10.2. The van der Waals surface area contributed by atoms with Crippen molar-refractivity contribution in [2.24, 2.45) is 5.92 Å². The lowest BCUT2D eigenvalue weighted by Crippen LogP contribution is -2.39. The predicted molar refractivity (Wildman–Crippen MR) is 62.3 cm³/mol. The normalized spacial score (nSPS) is 14.2. The van der Waals surface area contributed by atoms with Crippen LogP contribution in [0, 0.1) is 5.92 Å². The number of allylic oxidation sites excluding steroid dienone is 1. The van der Waals surface area contributed by atoms with E-state index in [9.17, 15) is 0 Å². The van der Waals surface area contributed by atoms with Gasteiger partial charge in [-0.2, -0.15) is 0 Å². The summed E-state index contributed by atoms with van der Waals surface area (Å²) in [5.41, 5.74) is 0. The summed E-state index contributed by atoms with van der Waals surface area (Å²) in [6.07, 6.45) is 4.00. The zero-order chi connectivity index (χ0) is 10.7. The van der Waals surface area contributed by atoms with Gasteiger partial charge in [-0.3, -0.25) is 0 Å². The van der Waals surface area contributed by atoms with E-state index < -0.39 is 8.32 Å². The third kappa shape index (κ3) is 4.51. The van der Waals surface area contributed by atoms with Crippen molar-refractivity contribution in [2.75, 3.05) is 0 Å². The van der Waals surface area contributed by atoms with Crippen LogP contribution >= 0.6 is 0 Å². The van der Waals surface area contributed by atoms with Crippen molar-refractivity contribution in [1.82, 2.24) is 0 Å². The Labute approximate surface area is 84.3 Å². The van der Waals surface area contributed by atoms with Crippen LogP contribution in [0.3, 0.4) is 0 Å². The van der Waals surface area contributed by atoms with Crippen LogP contribution in [0.25, 0.3) is 0 Å². The largest absolute Gasteiger partial charge is 0.549 e. The Bertz CT molecular complexity index is 175. The Balaban J connectivity index is 4.20. The summed E-state index contributed by atoms with van der Waals surface area (Å²) in [4.78, 5) is 0. The van der Waals surface area contributed by atoms with Gasteiger partial charge in [0.15, 0.2) is 0 Å². The molecule has 0 aliphatic heterocycles. The van der Waals surface area contributed by atoms with Gasteiger partial charge in [0.25, 0.3) is 0 Å². The zero-order valence-electron chi connectivity index (χ0n) is 10.1. The van der Waals surface area contributed by atoms with Crippen LogP contribution in [0.4, 0.5) is 0 Å². The predicted octanol–water partition coefficient (Wildman–Crippen LogP) is 4.18. The van der Waals surface area contributed by atoms with Crippen LogP contribution < -0.4 is 0 Å². The van der Waals surface area contributed by atoms with Gasteiger partial charge in [-0.1, -0.05) is 34.6 Å². The molecular weight excluding hydrogens is 176 g/mol. The number of rotatable bonds is 3. The van der Waals surface area contributed by atoms with Gasteiger partial charge in [0.05, 0.1) is 6.26 Å². The van der Waals surface area contributed by atoms with Crippen molar-refractivity contribution >= 4 is 8.32 Å². The van der Waals surface area contributed by atoms with Gasteiger partial charge in [-0.15, -0.1) is 0 Å². The first-order chi connectivity index (χ1) is 5.67. The van der Waals surface area contributed by atoms with Gasteiger partial charge in [-0.25, -0.2) is 0 Å². The van der Waals surface area contributed by atoms with Crippen molar-refractivity contribution in [1.29, 1.82) is 0 Å². The second-order valence-electron chi connectivity index (χ2n) is 5.45. The van der Waals surface area contributed by atoms with Crippen LogP contribution in [0.5, 0.6) is 0 Å². The summed E-state index contributed by atoms with van der Waals surface area (Å²) >= 11 is 0. The molecular formula is C11H24OSi. The second-order valence-corrected chi connectivity index (χ2v) is 10.2. The summed E-state index contributed by atoms with van der Waals surface area (Å²) in [5.74, 6) is 0.574. The monoisotopic (exact) mass is 200 g/mol. The average Bonchev–Trinajstić information content (AvgIpc) is 1.82. The minimum atomic E-state index is -1.56. The van der Waals surface area contributed by atoms with Crippen molar-refractivity contribution in [3.63, 3.8) is 0 Å². The summed E-state index contributed by atoms with van der Waals surface area (Å²) in [6, 6.07) is 0. The zero-order valence-corrected chi connectivity index (χ0v) is 11.1. The maximum atomic E-state index is 5.86. The van der Waals surface area contributed by atoms with E-state index in [1.165, 1.54) is 0 Å². The minimum absolute atomic E-state index is 0.300. The van der Waals surface area contributed by atoms with Gasteiger partial charge in [0, 0.05) is 0 Å². The molecule has 0 fully saturated rings. The Morgan fingerprint density at radius 2 is 1.62 bits per heavy atom. The van der Waals surface area contributed by atoms with Crippen LogP contribution in [0.15, 0.2) is 12.3 Å². The second kappa shape index (κ2) is 4.31. The smallest absolute Gasteiger partial charge is 0.249 e. The first-order valence-electron chi connectivity index (χ1n) is 5.01. The first-order valence-corrected chi connectivity index (χ1v) is 7.92. The Hall–Kier alpha value is -0.243. The summed E-state index contributed by atoms with van der Waals surface area (Å²) in [5, 5.41) is 0.300. The fourth-order valence-corrected chi connectivity index (χ4v) is 1.32. The Kier molecular flexibility index (Phi) is 4.23. The molecule has 0 unspecified atom stereocenters. The van der Waals surface area contributed by atoms with Crippen LogP contribution in [-0.2, 0) is 4.43 Å². The highest BCUT2D eigenvalue weighted by atomic mass is 28.4. The van der Waals surface area contributed by atoms with Gasteiger partial charge in [-0.05, 0) is 30.1 Å². The molecule has 0 heterocycles. The van der Waals surface area contributed by atoms with Crippen molar-refractivity contribution < 1.29 is 4.43 Å². The van der Waals surface area contributed by atoms with Gasteiger partial charge >= 0.3 is 0 Å². The molecule has 13 heavy (non-hydrogen) atoms. The molecule has 0 rings (SSSR count). The van der Waals surface area contributed by atoms with Crippen LogP contribution in [0.2, 0.25) is 18.1 Å². The Morgan fingerprint density at radius 3 is 1.92 bits per heavy atom. The van der Waals surface area contributed by atoms with Gasteiger partial charge in [0.2, 0.25) is 8.32 Å². The summed E-state index contributed by atoms with van der Waals surface area (Å²) in [6.45, 7) is 15.6. The third-order valence-corrected chi connectivity index (χ3v) is 6.97. The quantitative estimate of drug-likeness (QED) is 0.490. The van der Waals surface area contributed by atoms with Gasteiger partial charge in [0.1, 0.15) is 0 Å². The molecule has 0 aromatic rings. The van der Waals surface area contributed by atoms with E-state index in [1.807, 2.05) is 6.26 Å². The van der Waals surface area contributed by atoms with Crippen molar-refractivity contribution in [3.05, 3.63) is 12.3 Å². The molecule has 2 heteroatoms. The highest BCUT2D eigenvalue weighted by Gasteiger charge is 2.37. The van der Waals surface area contributed by atoms with Gasteiger partial charge < -0.3 is 4.43 Å². The molecule has 0 bridgehead atoms. The fraction of sp³-hybridized carbons (Fsp3) is 0.818. The van der Waals surface area contributed by atoms with E-state index in [4.69, 9.17) is 4.43 Å². The van der Waals surface area contributed by atoms with Crippen molar-refractivity contribution in [2.45, 2.75) is 52.8 Å². The molecule has 0 aliphatic rings. The molecule has 1 nitrogen and oxygen atoms in total. The molecule has 78 valence electrons. The van der Waals surface area contributed by atoms with E-state index in [1.54, 1.807) is 0 Å². The maximum absolute atomic E-state index is 5.86. The van der Waals surface area contributed by atoms with Crippen LogP contribution in [0.1, 0.15) is 34.6 Å². The first kappa shape index (κ1) is 12.8. The molecule has 0 aromatic carbocycles. The topological polar surface area (TPSA) is 9.23 Å². The van der Waals surface area contributed by atoms with E-state index >= 15 is 0 Å². The van der Waals surface area contributed by atoms with E-state index in [-0.39, 0.29) is 0 Å². The molecule has 0 amide bonds. The van der Waals surface area contributed by atoms with Crippen LogP contribution in [-0.4, -0.2) is 8.32 Å². The lowest BCUT2D eigenvalue weighted by molar-refractivity contribution is 0.426. The number of hydrogen-bond donors (Lipinski definition) is 0. The SMILES string of the molecule is CC(C)/C=C/O[Si](C)(C)C(C)(C)C. The summed E-state index contributed by atoms with van der Waals surface area (Å²) < 4.78 is 5.86. The summed E-state index contributed by atoms with van der Waals surface area (Å²) in [7, 11) is -1.56. The van der Waals surface area contributed by atoms with E-state index in [0.717, 1.165) is 0 Å². The third-order valence-electron chi connectivity index (χ3n) is 2.63. The molecule has 0 aliphatic carbocycles. The van der Waals surface area contributed by atoms with E-state index in [2.05, 4.69) is 53.8 Å². The molecule has 0 aromatic heterocycles. The van der Waals surface area contributed by atoms with E-state index in [0.29, 0.717) is 11.0 Å². The Morgan fingerprint density at radius 1 is 1.15 bits per heavy atom. The maximum Gasteiger partial charge on any atom is 0.249 e. The molecule has 0 radical (unpaired) electrons. The molecule has 0 N–H and O–H groups in total. The lowest BCUT2D eigenvalue weighted by Gasteiger charge is -2.35. The standard InChI is InChI=1S/C11H24OSi/c1-10(2)8-9-12-13(6,7)11(3,4)5/h8-10H,1-7H3/b9-8+. The fourth-order valence-electron chi connectivity index (χ4n) is 0.543. The molecule has 0 saturated heterocycles. The molecule has 0 saturated carbocycles. The average molecular weight is 200 g/mol. The molecule has 0 atom stereocenters. The minimum Gasteiger partial charge on any atom is -0.549 e. The highest BCUT2D eigenvalue weighted by Crippen LogP contribution is 2.36. The van der Waals surface area contributed by atoms with Crippen molar-refractivity contribution in [3.8, 4) is 0 Å². The molecule has 0 spiro atoms. The number of hydrogen-bond acceptors (Lipinski definition) is 1. The highest BCUT2D eigenvalue weighted by molar-refractivity contribution is 6.74.